The van der Waals surface area contributed by atoms with Crippen molar-refractivity contribution in [1.29, 1.82) is 0 Å². The summed E-state index contributed by atoms with van der Waals surface area (Å²) in [5.41, 5.74) is 2.08. The van der Waals surface area contributed by atoms with Crippen LogP contribution >= 0.6 is 0 Å². The fourth-order valence-electron chi connectivity index (χ4n) is 0.902. The summed E-state index contributed by atoms with van der Waals surface area (Å²) in [5.74, 6) is 0.854. The van der Waals surface area contributed by atoms with Gasteiger partial charge in [0, 0.05) is 11.4 Å². The highest BCUT2D eigenvalue weighted by Crippen LogP contribution is 1.96. The number of nitrogens with zero attached hydrogens (tertiary/aromatic N) is 2. The zero-order valence-electron chi connectivity index (χ0n) is 10.7. The molecule has 0 amide bonds. The molecule has 0 N–H and O–H groups in total. The number of aryl methyl sites for hydroxylation is 3. The van der Waals surface area contributed by atoms with Crippen LogP contribution in [-0.4, -0.2) is 9.97 Å². The Balaban J connectivity index is 0. The third kappa shape index (κ3) is 9.17. The number of rotatable bonds is 0. The molecular formula is C12H24N2. The topological polar surface area (TPSA) is 25.8 Å². The van der Waals surface area contributed by atoms with Crippen molar-refractivity contribution in [2.24, 2.45) is 0 Å². The molecule has 0 aromatic carbocycles. The normalized spacial score (nSPS) is 7.93. The van der Waals surface area contributed by atoms with E-state index in [1.807, 2.05) is 40.7 Å². The first-order chi connectivity index (χ1) is 6.60. The van der Waals surface area contributed by atoms with Crippen LogP contribution in [0.3, 0.4) is 0 Å². The molecule has 0 bridgehead atoms. The molecule has 0 saturated heterocycles. The van der Waals surface area contributed by atoms with Crippen LogP contribution in [0, 0.1) is 20.8 Å². The van der Waals surface area contributed by atoms with E-state index in [1.165, 1.54) is 6.42 Å². The molecule has 1 rings (SSSR count). The smallest absolute Gasteiger partial charge is 0.125 e. The average Bonchev–Trinajstić information content (AvgIpc) is 2.06. The largest absolute Gasteiger partial charge is 0.239 e. The van der Waals surface area contributed by atoms with Crippen LogP contribution in [0.2, 0.25) is 0 Å². The average molecular weight is 196 g/mol. The Labute approximate surface area is 88.8 Å². The Hall–Kier alpha value is -0.920. The zero-order chi connectivity index (χ0) is 11.6. The third-order valence-corrected chi connectivity index (χ3v) is 1.09. The molecule has 0 unspecified atom stereocenters. The van der Waals surface area contributed by atoms with Crippen molar-refractivity contribution in [3.63, 3.8) is 0 Å². The quantitative estimate of drug-likeness (QED) is 0.630. The number of aromatic nitrogens is 2. The van der Waals surface area contributed by atoms with Gasteiger partial charge in [-0.3, -0.25) is 0 Å². The molecular weight excluding hydrogens is 172 g/mol. The predicted octanol–water partition coefficient (Wildman–Crippen LogP) is 3.84. The van der Waals surface area contributed by atoms with Crippen molar-refractivity contribution >= 4 is 0 Å². The highest BCUT2D eigenvalue weighted by atomic mass is 14.9. The molecule has 14 heavy (non-hydrogen) atoms. The monoisotopic (exact) mass is 196 g/mol. The highest BCUT2D eigenvalue weighted by molar-refractivity contribution is 5.07. The number of hydrogen-bond acceptors (Lipinski definition) is 2. The Kier molecular flexibility index (Phi) is 11.3. The molecule has 2 heteroatoms. The van der Waals surface area contributed by atoms with Gasteiger partial charge in [-0.2, -0.15) is 0 Å². The van der Waals surface area contributed by atoms with Gasteiger partial charge in [0.05, 0.1) is 0 Å². The van der Waals surface area contributed by atoms with Gasteiger partial charge in [0.1, 0.15) is 5.82 Å². The highest BCUT2D eigenvalue weighted by Gasteiger charge is 1.90. The maximum atomic E-state index is 4.12. The molecule has 1 aromatic rings. The third-order valence-electron chi connectivity index (χ3n) is 1.09. The zero-order valence-corrected chi connectivity index (χ0v) is 10.7. The first kappa shape index (κ1) is 15.5. The molecule has 0 spiro atoms. The minimum atomic E-state index is 0.854. The Morgan fingerprint density at radius 2 is 1.21 bits per heavy atom. The maximum absolute atomic E-state index is 4.12. The summed E-state index contributed by atoms with van der Waals surface area (Å²) in [6.45, 7) is 14.1. The molecule has 0 aliphatic rings. The van der Waals surface area contributed by atoms with Gasteiger partial charge in [-0.05, 0) is 26.8 Å². The first-order valence-electron chi connectivity index (χ1n) is 5.39. The van der Waals surface area contributed by atoms with Crippen LogP contribution in [0.15, 0.2) is 6.07 Å². The van der Waals surface area contributed by atoms with Crippen LogP contribution in [-0.2, 0) is 0 Å². The van der Waals surface area contributed by atoms with Gasteiger partial charge in [-0.25, -0.2) is 9.97 Å². The second kappa shape index (κ2) is 10.2. The molecule has 0 aliphatic carbocycles. The molecule has 1 aromatic heterocycles. The van der Waals surface area contributed by atoms with E-state index in [0.717, 1.165) is 17.2 Å². The van der Waals surface area contributed by atoms with Gasteiger partial charge in [0.25, 0.3) is 0 Å². The van der Waals surface area contributed by atoms with Gasteiger partial charge in [-0.1, -0.05) is 34.1 Å². The van der Waals surface area contributed by atoms with Crippen LogP contribution in [0.4, 0.5) is 0 Å². The summed E-state index contributed by atoms with van der Waals surface area (Å²) in [6, 6.07) is 1.97. The first-order valence-corrected chi connectivity index (χ1v) is 5.39. The van der Waals surface area contributed by atoms with E-state index in [-0.39, 0.29) is 0 Å². The molecule has 1 heterocycles. The summed E-state index contributed by atoms with van der Waals surface area (Å²) < 4.78 is 0. The molecule has 0 aliphatic heterocycles. The predicted molar refractivity (Wildman–Crippen MR) is 63.6 cm³/mol. The van der Waals surface area contributed by atoms with Crippen LogP contribution in [0.1, 0.15) is 51.3 Å². The van der Waals surface area contributed by atoms with Crippen molar-refractivity contribution in [3.05, 3.63) is 23.3 Å². The van der Waals surface area contributed by atoms with E-state index in [9.17, 15) is 0 Å². The minimum absolute atomic E-state index is 0.854. The lowest BCUT2D eigenvalue weighted by Crippen LogP contribution is -1.91. The second-order valence-corrected chi connectivity index (χ2v) is 2.91. The van der Waals surface area contributed by atoms with E-state index in [0.29, 0.717) is 0 Å². The molecule has 0 radical (unpaired) electrons. The lowest BCUT2D eigenvalue weighted by molar-refractivity contribution is 0.976. The van der Waals surface area contributed by atoms with E-state index >= 15 is 0 Å². The fraction of sp³-hybridized carbons (Fsp3) is 0.667. The van der Waals surface area contributed by atoms with Crippen molar-refractivity contribution in [2.75, 3.05) is 0 Å². The van der Waals surface area contributed by atoms with Crippen LogP contribution in [0.5, 0.6) is 0 Å². The van der Waals surface area contributed by atoms with Gasteiger partial charge in [0.15, 0.2) is 0 Å². The van der Waals surface area contributed by atoms with E-state index < -0.39 is 0 Å². The molecule has 0 fully saturated rings. The molecule has 0 atom stereocenters. The summed E-state index contributed by atoms with van der Waals surface area (Å²) in [4.78, 5) is 8.25. The van der Waals surface area contributed by atoms with Crippen LogP contribution in [0.25, 0.3) is 0 Å². The summed E-state index contributed by atoms with van der Waals surface area (Å²) in [5, 5.41) is 0. The summed E-state index contributed by atoms with van der Waals surface area (Å²) in [6.07, 6.45) is 1.25. The van der Waals surface area contributed by atoms with Crippen molar-refractivity contribution in [2.45, 2.75) is 54.9 Å². The minimum Gasteiger partial charge on any atom is -0.239 e. The SMILES string of the molecule is CC.CCC.Cc1cc(C)nc(C)n1. The van der Waals surface area contributed by atoms with Gasteiger partial charge < -0.3 is 0 Å². The molecule has 0 saturated carbocycles. The van der Waals surface area contributed by atoms with E-state index in [2.05, 4.69) is 23.8 Å². The van der Waals surface area contributed by atoms with Gasteiger partial charge >= 0.3 is 0 Å². The van der Waals surface area contributed by atoms with Crippen molar-refractivity contribution in [3.8, 4) is 0 Å². The molecule has 82 valence electrons. The van der Waals surface area contributed by atoms with Crippen LogP contribution < -0.4 is 0 Å². The van der Waals surface area contributed by atoms with Crippen molar-refractivity contribution < 1.29 is 0 Å². The van der Waals surface area contributed by atoms with Gasteiger partial charge in [0.2, 0.25) is 0 Å². The number of hydrogen-bond donors (Lipinski definition) is 0. The van der Waals surface area contributed by atoms with E-state index in [4.69, 9.17) is 0 Å². The lowest BCUT2D eigenvalue weighted by atomic mass is 10.3. The van der Waals surface area contributed by atoms with Gasteiger partial charge in [-0.15, -0.1) is 0 Å². The van der Waals surface area contributed by atoms with Crippen molar-refractivity contribution in [1.82, 2.24) is 9.97 Å². The lowest BCUT2D eigenvalue weighted by Gasteiger charge is -1.95. The standard InChI is InChI=1S/C7H10N2.C3H8.C2H6/c1-5-4-6(2)9-7(3)8-5;1-3-2;1-2/h4H,1-3H3;3H2,1-2H3;1-2H3. The summed E-state index contributed by atoms with van der Waals surface area (Å²) >= 11 is 0. The summed E-state index contributed by atoms with van der Waals surface area (Å²) in [7, 11) is 0. The Morgan fingerprint density at radius 3 is 1.43 bits per heavy atom. The maximum Gasteiger partial charge on any atom is 0.125 e. The second-order valence-electron chi connectivity index (χ2n) is 2.91. The van der Waals surface area contributed by atoms with E-state index in [1.54, 1.807) is 0 Å². The fourth-order valence-corrected chi connectivity index (χ4v) is 0.902. The Bertz CT molecular complexity index is 181. The molecule has 2 nitrogen and oxygen atoms in total. The Morgan fingerprint density at radius 1 is 0.929 bits per heavy atom.